The Morgan fingerprint density at radius 1 is 1.15 bits per heavy atom. The van der Waals surface area contributed by atoms with E-state index < -0.39 is 0 Å². The highest BCUT2D eigenvalue weighted by atomic mass is 19.1. The lowest BCUT2D eigenvalue weighted by atomic mass is 9.68. The summed E-state index contributed by atoms with van der Waals surface area (Å²) in [5.74, 6) is 0.699. The van der Waals surface area contributed by atoms with Crippen LogP contribution in [0, 0.1) is 23.1 Å². The first-order chi connectivity index (χ1) is 22.9. The van der Waals surface area contributed by atoms with Crippen molar-refractivity contribution in [2.24, 2.45) is 5.92 Å². The lowest BCUT2D eigenvalue weighted by molar-refractivity contribution is -0.213. The van der Waals surface area contributed by atoms with Gasteiger partial charge in [-0.1, -0.05) is 31.9 Å². The molecule has 4 aliphatic heterocycles. The van der Waals surface area contributed by atoms with Crippen molar-refractivity contribution in [3.8, 4) is 11.8 Å². The molecule has 1 spiro atoms. The third kappa shape index (κ3) is 6.71. The van der Waals surface area contributed by atoms with Crippen LogP contribution < -0.4 is 10.1 Å². The number of carbonyl (C=O) groups excluding carboxylic acids is 1. The number of benzene rings is 1. The predicted octanol–water partition coefficient (Wildman–Crippen LogP) is 4.63. The molecule has 5 fully saturated rings. The van der Waals surface area contributed by atoms with Crippen molar-refractivity contribution in [2.75, 3.05) is 39.8 Å². The van der Waals surface area contributed by atoms with Gasteiger partial charge in [0.1, 0.15) is 17.2 Å². The third-order valence-electron chi connectivity index (χ3n) is 12.4. The third-order valence-corrected chi connectivity index (χ3v) is 12.4. The molecular formula is C37H53FN6O3. The van der Waals surface area contributed by atoms with Crippen LogP contribution in [0.2, 0.25) is 0 Å². The average molecular weight is 649 g/mol. The van der Waals surface area contributed by atoms with Gasteiger partial charge in [0, 0.05) is 56.2 Å². The number of likely N-dealkylation sites (tertiary alicyclic amines) is 1. The minimum Gasteiger partial charge on any atom is -0.487 e. The summed E-state index contributed by atoms with van der Waals surface area (Å²) in [7, 11) is 2.21. The Hall–Kier alpha value is -2.55. The van der Waals surface area contributed by atoms with Crippen molar-refractivity contribution in [1.29, 1.82) is 5.26 Å². The molecule has 6 aliphatic rings. The van der Waals surface area contributed by atoms with Gasteiger partial charge in [-0.3, -0.25) is 19.9 Å². The summed E-state index contributed by atoms with van der Waals surface area (Å²) in [6.07, 6.45) is 14.6. The molecular weight excluding hydrogens is 595 g/mol. The monoisotopic (exact) mass is 648 g/mol. The molecule has 10 heteroatoms. The number of amides is 1. The molecule has 9 nitrogen and oxygen atoms in total. The van der Waals surface area contributed by atoms with Crippen LogP contribution in [0.4, 0.5) is 4.39 Å². The smallest absolute Gasteiger partial charge is 0.246 e. The summed E-state index contributed by atoms with van der Waals surface area (Å²) in [5, 5.41) is 13.8. The van der Waals surface area contributed by atoms with Gasteiger partial charge in [0.05, 0.1) is 31.3 Å². The Kier molecular flexibility index (Phi) is 9.91. The quantitative estimate of drug-likeness (QED) is 0.429. The van der Waals surface area contributed by atoms with Crippen molar-refractivity contribution in [3.63, 3.8) is 0 Å². The van der Waals surface area contributed by atoms with E-state index in [1.807, 2.05) is 11.0 Å². The van der Waals surface area contributed by atoms with Crippen LogP contribution in [-0.4, -0.2) is 108 Å². The van der Waals surface area contributed by atoms with E-state index in [4.69, 9.17) is 9.47 Å². The Morgan fingerprint density at radius 2 is 2.00 bits per heavy atom. The number of carbonyl (C=O) groups is 1. The lowest BCUT2D eigenvalue weighted by Gasteiger charge is -2.61. The van der Waals surface area contributed by atoms with E-state index in [1.165, 1.54) is 44.6 Å². The second kappa shape index (κ2) is 14.1. The first kappa shape index (κ1) is 33.0. The van der Waals surface area contributed by atoms with E-state index in [0.29, 0.717) is 49.9 Å². The maximum Gasteiger partial charge on any atom is 0.246 e. The summed E-state index contributed by atoms with van der Waals surface area (Å²) >= 11 is 0. The van der Waals surface area contributed by atoms with Gasteiger partial charge in [0.25, 0.3) is 0 Å². The summed E-state index contributed by atoms with van der Waals surface area (Å²) in [6.45, 7) is 7.47. The lowest BCUT2D eigenvalue weighted by Crippen LogP contribution is -2.75. The van der Waals surface area contributed by atoms with Gasteiger partial charge < -0.3 is 19.3 Å². The number of nitrogens with zero attached hydrogens (tertiary/aromatic N) is 5. The molecule has 0 bridgehead atoms. The largest absolute Gasteiger partial charge is 0.487 e. The number of rotatable bonds is 7. The number of hydrogen-bond donors (Lipinski definition) is 1. The molecule has 2 aliphatic carbocycles. The van der Waals surface area contributed by atoms with E-state index in [0.717, 1.165) is 57.2 Å². The standard InChI is InChI=1S/C37H53FN6O3/c1-3-34(45)43-21-20-42(24-29(43)15-18-39)35-31-14-17-37(16-13-26-11-12-27(38)22-33(26)47-37)23-32(31)44(28-8-5-4-6-9-28)36(40-35)46-25-30-10-7-19-41(30)2/h3,11-12,22,28-32,35-36,40H,1,4-10,13-17,19-21,23-25H2,2H3/t29?,30?,31?,32?,35?,36?,37-/m1/s1. The van der Waals surface area contributed by atoms with E-state index in [-0.39, 0.29) is 41.9 Å². The molecule has 2 saturated carbocycles. The summed E-state index contributed by atoms with van der Waals surface area (Å²) in [6, 6.07) is 8.26. The van der Waals surface area contributed by atoms with E-state index >= 15 is 0 Å². The fourth-order valence-electron chi connectivity index (χ4n) is 9.84. The van der Waals surface area contributed by atoms with Gasteiger partial charge in [-0.25, -0.2) is 4.39 Å². The molecule has 1 amide bonds. The van der Waals surface area contributed by atoms with Gasteiger partial charge >= 0.3 is 0 Å². The molecule has 6 unspecified atom stereocenters. The van der Waals surface area contributed by atoms with Crippen molar-refractivity contribution < 1.29 is 18.7 Å². The molecule has 4 heterocycles. The number of aryl methyl sites for hydroxylation is 1. The molecule has 7 atom stereocenters. The van der Waals surface area contributed by atoms with Crippen LogP contribution in [0.1, 0.15) is 82.6 Å². The average Bonchev–Trinajstić information content (AvgIpc) is 3.50. The van der Waals surface area contributed by atoms with E-state index in [9.17, 15) is 14.4 Å². The van der Waals surface area contributed by atoms with Crippen LogP contribution in [0.25, 0.3) is 0 Å². The van der Waals surface area contributed by atoms with Gasteiger partial charge in [0.2, 0.25) is 5.91 Å². The molecule has 3 saturated heterocycles. The van der Waals surface area contributed by atoms with Gasteiger partial charge in [0.15, 0.2) is 6.35 Å². The Bertz CT molecular complexity index is 1330. The van der Waals surface area contributed by atoms with Crippen molar-refractivity contribution >= 4 is 5.91 Å². The summed E-state index contributed by atoms with van der Waals surface area (Å²) in [4.78, 5) is 22.2. The molecule has 1 aromatic rings. The Balaban J connectivity index is 1.20. The van der Waals surface area contributed by atoms with Crippen molar-refractivity contribution in [1.82, 2.24) is 24.9 Å². The van der Waals surface area contributed by atoms with Gasteiger partial charge in [-0.15, -0.1) is 0 Å². The van der Waals surface area contributed by atoms with Crippen molar-refractivity contribution in [3.05, 3.63) is 42.2 Å². The highest BCUT2D eigenvalue weighted by Crippen LogP contribution is 2.49. The van der Waals surface area contributed by atoms with Crippen LogP contribution in [0.3, 0.4) is 0 Å². The normalized spacial score (nSPS) is 35.6. The Morgan fingerprint density at radius 3 is 2.77 bits per heavy atom. The van der Waals surface area contributed by atoms with E-state index in [1.54, 1.807) is 12.1 Å². The summed E-state index contributed by atoms with van der Waals surface area (Å²) in [5.41, 5.74) is 0.773. The molecule has 0 aromatic heterocycles. The number of piperazine rings is 1. The van der Waals surface area contributed by atoms with Crippen LogP contribution in [0.15, 0.2) is 30.9 Å². The maximum absolute atomic E-state index is 14.4. The second-order valence-electron chi connectivity index (χ2n) is 15.1. The first-order valence-corrected chi connectivity index (χ1v) is 18.2. The molecule has 1 aromatic carbocycles. The number of fused-ring (bicyclic) bond motifs is 2. The zero-order valence-corrected chi connectivity index (χ0v) is 28.1. The summed E-state index contributed by atoms with van der Waals surface area (Å²) < 4.78 is 28.2. The molecule has 256 valence electrons. The van der Waals surface area contributed by atoms with Crippen molar-refractivity contribution in [2.45, 2.75) is 126 Å². The van der Waals surface area contributed by atoms with Crippen LogP contribution >= 0.6 is 0 Å². The highest BCUT2D eigenvalue weighted by molar-refractivity contribution is 5.87. The number of likely N-dealkylation sites (N-methyl/N-ethyl adjacent to an activating group) is 1. The minimum atomic E-state index is -0.328. The molecule has 47 heavy (non-hydrogen) atoms. The number of halogens is 1. The number of nitrogens with one attached hydrogen (secondary N) is 1. The SMILES string of the molecule is C=CC(=O)N1CCN(C2NC(OCC3CCCN3C)N(C3CCCCC3)C3C[C@@]4(CCc5ccc(F)cc5O4)CCC23)CC1CC#N. The predicted molar refractivity (Wildman–Crippen MR) is 178 cm³/mol. The Labute approximate surface area is 280 Å². The highest BCUT2D eigenvalue weighted by Gasteiger charge is 2.55. The second-order valence-corrected chi connectivity index (χ2v) is 15.1. The van der Waals surface area contributed by atoms with Crippen LogP contribution in [0.5, 0.6) is 5.75 Å². The molecule has 7 rings (SSSR count). The number of hydrogen-bond acceptors (Lipinski definition) is 8. The van der Waals surface area contributed by atoms with Crippen LogP contribution in [-0.2, 0) is 16.0 Å². The van der Waals surface area contributed by atoms with Gasteiger partial charge in [-0.2, -0.15) is 5.26 Å². The zero-order valence-electron chi connectivity index (χ0n) is 28.1. The van der Waals surface area contributed by atoms with E-state index in [2.05, 4.69) is 39.7 Å². The zero-order chi connectivity index (χ0) is 32.5. The fourth-order valence-corrected chi connectivity index (χ4v) is 9.84. The number of nitriles is 1. The molecule has 1 N–H and O–H groups in total. The number of ether oxygens (including phenoxy) is 2. The minimum absolute atomic E-state index is 0.0546. The van der Waals surface area contributed by atoms with Gasteiger partial charge in [-0.05, 0) is 82.7 Å². The topological polar surface area (TPSA) is 84.3 Å². The molecule has 0 radical (unpaired) electrons. The first-order valence-electron chi connectivity index (χ1n) is 18.2. The maximum atomic E-state index is 14.4. The fraction of sp³-hybridized carbons (Fsp3) is 0.730.